The standard InChI is InChI=1S/C16H24O2/c1-4-6-7-8-13-17-15-9-11-16(12-10-15)18-14(3)5-2/h5,9-12,14H,2,4,6-8,13H2,1,3H3. The summed E-state index contributed by atoms with van der Waals surface area (Å²) in [6, 6.07) is 7.76. The van der Waals surface area contributed by atoms with E-state index in [1.54, 1.807) is 6.08 Å². The molecule has 100 valence electrons. The lowest BCUT2D eigenvalue weighted by molar-refractivity contribution is 0.268. The molecule has 18 heavy (non-hydrogen) atoms. The number of hydrogen-bond donors (Lipinski definition) is 0. The summed E-state index contributed by atoms with van der Waals surface area (Å²) < 4.78 is 11.3. The fraction of sp³-hybridized carbons (Fsp3) is 0.500. The summed E-state index contributed by atoms with van der Waals surface area (Å²) in [5.41, 5.74) is 0. The number of ether oxygens (including phenoxy) is 2. The zero-order chi connectivity index (χ0) is 13.2. The third-order valence-corrected chi connectivity index (χ3v) is 2.74. The Morgan fingerprint density at radius 3 is 2.39 bits per heavy atom. The summed E-state index contributed by atoms with van der Waals surface area (Å²) in [5, 5.41) is 0. The Hall–Kier alpha value is -1.44. The zero-order valence-electron chi connectivity index (χ0n) is 11.5. The second kappa shape index (κ2) is 8.62. The Bertz CT molecular complexity index is 329. The highest BCUT2D eigenvalue weighted by Crippen LogP contribution is 2.19. The molecule has 2 heteroatoms. The van der Waals surface area contributed by atoms with Gasteiger partial charge in [0, 0.05) is 0 Å². The Morgan fingerprint density at radius 2 is 1.78 bits per heavy atom. The molecule has 0 aromatic heterocycles. The van der Waals surface area contributed by atoms with Crippen LogP contribution in [0.4, 0.5) is 0 Å². The largest absolute Gasteiger partial charge is 0.494 e. The molecule has 1 aromatic rings. The topological polar surface area (TPSA) is 18.5 Å². The summed E-state index contributed by atoms with van der Waals surface area (Å²) in [7, 11) is 0. The first kappa shape index (κ1) is 14.6. The number of benzene rings is 1. The molecule has 0 bridgehead atoms. The van der Waals surface area contributed by atoms with Crippen molar-refractivity contribution in [2.45, 2.75) is 45.6 Å². The van der Waals surface area contributed by atoms with Gasteiger partial charge < -0.3 is 9.47 Å². The maximum atomic E-state index is 5.66. The molecule has 0 radical (unpaired) electrons. The summed E-state index contributed by atoms with van der Waals surface area (Å²) in [6.45, 7) is 8.66. The Labute approximate surface area is 111 Å². The summed E-state index contributed by atoms with van der Waals surface area (Å²) in [4.78, 5) is 0. The van der Waals surface area contributed by atoms with Crippen LogP contribution in [0.15, 0.2) is 36.9 Å². The lowest BCUT2D eigenvalue weighted by atomic mass is 10.2. The van der Waals surface area contributed by atoms with Gasteiger partial charge in [-0.3, -0.25) is 0 Å². The van der Waals surface area contributed by atoms with Crippen LogP contribution in [0.1, 0.15) is 39.5 Å². The molecule has 0 aliphatic rings. The fourth-order valence-corrected chi connectivity index (χ4v) is 1.60. The van der Waals surface area contributed by atoms with Crippen LogP contribution in [0.5, 0.6) is 11.5 Å². The molecule has 1 aromatic carbocycles. The van der Waals surface area contributed by atoms with Crippen molar-refractivity contribution in [1.29, 1.82) is 0 Å². The molecule has 1 rings (SSSR count). The van der Waals surface area contributed by atoms with Crippen molar-refractivity contribution in [3.8, 4) is 11.5 Å². The van der Waals surface area contributed by atoms with E-state index in [0.717, 1.165) is 24.5 Å². The van der Waals surface area contributed by atoms with Crippen LogP contribution in [0.25, 0.3) is 0 Å². The molecule has 0 aliphatic carbocycles. The van der Waals surface area contributed by atoms with Gasteiger partial charge in [-0.25, -0.2) is 0 Å². The van der Waals surface area contributed by atoms with Crippen molar-refractivity contribution in [2.75, 3.05) is 6.61 Å². The highest BCUT2D eigenvalue weighted by Gasteiger charge is 1.99. The van der Waals surface area contributed by atoms with E-state index in [9.17, 15) is 0 Å². The average Bonchev–Trinajstić information content (AvgIpc) is 2.40. The zero-order valence-corrected chi connectivity index (χ0v) is 11.5. The number of unbranched alkanes of at least 4 members (excludes halogenated alkanes) is 3. The third kappa shape index (κ3) is 5.76. The molecule has 0 aliphatic heterocycles. The quantitative estimate of drug-likeness (QED) is 0.469. The monoisotopic (exact) mass is 248 g/mol. The van der Waals surface area contributed by atoms with Crippen LogP contribution in [-0.2, 0) is 0 Å². The second-order valence-corrected chi connectivity index (χ2v) is 4.44. The van der Waals surface area contributed by atoms with Crippen LogP contribution in [-0.4, -0.2) is 12.7 Å². The van der Waals surface area contributed by atoms with Gasteiger partial charge in [0.15, 0.2) is 0 Å². The van der Waals surface area contributed by atoms with E-state index in [4.69, 9.17) is 9.47 Å². The minimum Gasteiger partial charge on any atom is -0.494 e. The minimum atomic E-state index is 0.0332. The van der Waals surface area contributed by atoms with Gasteiger partial charge in [-0.2, -0.15) is 0 Å². The van der Waals surface area contributed by atoms with Crippen LogP contribution >= 0.6 is 0 Å². The van der Waals surface area contributed by atoms with Crippen LogP contribution in [0.3, 0.4) is 0 Å². The van der Waals surface area contributed by atoms with Gasteiger partial charge in [-0.1, -0.05) is 38.8 Å². The molecule has 0 fully saturated rings. The molecule has 1 atom stereocenters. The molecule has 2 nitrogen and oxygen atoms in total. The molecule has 0 spiro atoms. The van der Waals surface area contributed by atoms with Gasteiger partial charge in [0.25, 0.3) is 0 Å². The second-order valence-electron chi connectivity index (χ2n) is 4.44. The normalized spacial score (nSPS) is 11.9. The summed E-state index contributed by atoms with van der Waals surface area (Å²) >= 11 is 0. The first-order valence-electron chi connectivity index (χ1n) is 6.78. The van der Waals surface area contributed by atoms with E-state index in [0.29, 0.717) is 0 Å². The van der Waals surface area contributed by atoms with Crippen molar-refractivity contribution in [2.24, 2.45) is 0 Å². The predicted octanol–water partition coefficient (Wildman–Crippen LogP) is 4.60. The molecule has 0 saturated heterocycles. The van der Waals surface area contributed by atoms with Gasteiger partial charge >= 0.3 is 0 Å². The Kier molecular flexibility index (Phi) is 7.00. The smallest absolute Gasteiger partial charge is 0.120 e. The van der Waals surface area contributed by atoms with Gasteiger partial charge in [0.2, 0.25) is 0 Å². The van der Waals surface area contributed by atoms with Crippen molar-refractivity contribution in [3.05, 3.63) is 36.9 Å². The highest BCUT2D eigenvalue weighted by atomic mass is 16.5. The lowest BCUT2D eigenvalue weighted by Gasteiger charge is -2.11. The SMILES string of the molecule is C=CC(C)Oc1ccc(OCCCCCC)cc1. The van der Waals surface area contributed by atoms with Crippen LogP contribution < -0.4 is 9.47 Å². The molecule has 0 amide bonds. The van der Waals surface area contributed by atoms with Crippen molar-refractivity contribution < 1.29 is 9.47 Å². The molecule has 0 heterocycles. The van der Waals surface area contributed by atoms with Crippen LogP contribution in [0.2, 0.25) is 0 Å². The molecule has 1 unspecified atom stereocenters. The Balaban J connectivity index is 2.29. The Morgan fingerprint density at radius 1 is 1.11 bits per heavy atom. The van der Waals surface area contributed by atoms with Gasteiger partial charge in [0.1, 0.15) is 17.6 Å². The third-order valence-electron chi connectivity index (χ3n) is 2.74. The molecule has 0 N–H and O–H groups in total. The first-order chi connectivity index (χ1) is 8.76. The van der Waals surface area contributed by atoms with Gasteiger partial charge in [0.05, 0.1) is 6.61 Å². The highest BCUT2D eigenvalue weighted by molar-refractivity contribution is 5.31. The van der Waals surface area contributed by atoms with Gasteiger partial charge in [-0.05, 0) is 37.6 Å². The maximum absolute atomic E-state index is 5.66. The van der Waals surface area contributed by atoms with E-state index in [1.807, 2.05) is 31.2 Å². The minimum absolute atomic E-state index is 0.0332. The first-order valence-corrected chi connectivity index (χ1v) is 6.78. The van der Waals surface area contributed by atoms with Crippen molar-refractivity contribution >= 4 is 0 Å². The van der Waals surface area contributed by atoms with E-state index in [2.05, 4.69) is 13.5 Å². The molecular weight excluding hydrogens is 224 g/mol. The number of rotatable bonds is 9. The van der Waals surface area contributed by atoms with E-state index in [-0.39, 0.29) is 6.10 Å². The van der Waals surface area contributed by atoms with Gasteiger partial charge in [-0.15, -0.1) is 0 Å². The summed E-state index contributed by atoms with van der Waals surface area (Å²) in [6.07, 6.45) is 6.72. The van der Waals surface area contributed by atoms with Crippen molar-refractivity contribution in [3.63, 3.8) is 0 Å². The molecular formula is C16H24O2. The maximum Gasteiger partial charge on any atom is 0.120 e. The number of hydrogen-bond acceptors (Lipinski definition) is 2. The summed E-state index contributed by atoms with van der Waals surface area (Å²) in [5.74, 6) is 1.76. The van der Waals surface area contributed by atoms with E-state index in [1.165, 1.54) is 19.3 Å². The molecule has 0 saturated carbocycles. The van der Waals surface area contributed by atoms with Crippen LogP contribution in [0, 0.1) is 0 Å². The van der Waals surface area contributed by atoms with E-state index >= 15 is 0 Å². The average molecular weight is 248 g/mol. The van der Waals surface area contributed by atoms with E-state index < -0.39 is 0 Å². The lowest BCUT2D eigenvalue weighted by Crippen LogP contribution is -2.07. The fourth-order valence-electron chi connectivity index (χ4n) is 1.60. The predicted molar refractivity (Wildman–Crippen MR) is 76.4 cm³/mol. The van der Waals surface area contributed by atoms with Crippen molar-refractivity contribution in [1.82, 2.24) is 0 Å².